The van der Waals surface area contributed by atoms with E-state index in [0.717, 1.165) is 25.3 Å². The van der Waals surface area contributed by atoms with Gasteiger partial charge in [0.15, 0.2) is 0 Å². The maximum Gasteiger partial charge on any atom is 0.341 e. The minimum absolute atomic E-state index is 0.331. The first-order valence-corrected chi connectivity index (χ1v) is 15.9. The van der Waals surface area contributed by atoms with E-state index in [9.17, 15) is 4.79 Å². The van der Waals surface area contributed by atoms with Crippen LogP contribution in [0.3, 0.4) is 0 Å². The van der Waals surface area contributed by atoms with Crippen LogP contribution in [0.4, 0.5) is 0 Å². The molecule has 0 amide bonds. The second-order valence-electron chi connectivity index (χ2n) is 7.52. The lowest BCUT2D eigenvalue weighted by Gasteiger charge is -2.07. The quantitative estimate of drug-likeness (QED) is 0.115. The summed E-state index contributed by atoms with van der Waals surface area (Å²) >= 11 is 17.6. The average Bonchev–Trinajstić information content (AvgIpc) is 2.55. The van der Waals surface area contributed by atoms with Gasteiger partial charge in [0, 0.05) is 6.42 Å². The minimum Gasteiger partial charge on any atom is -0.481 e. The molecule has 0 unspecified atom stereocenters. The van der Waals surface area contributed by atoms with Gasteiger partial charge in [-0.1, -0.05) is 103 Å². The van der Waals surface area contributed by atoms with E-state index in [-0.39, 0.29) is 0 Å². The standard InChI is InChI=1S/C20H39Cl3O2Si/c21-26(22,23)19-17-15-13-11-9-7-5-3-1-2-4-6-8-10-12-14-16-18-20(24)25/h1-19H2,(H,24,25). The fourth-order valence-electron chi connectivity index (χ4n) is 3.25. The molecular weight excluding hydrogens is 407 g/mol. The molecule has 1 N–H and O–H groups in total. The molecule has 0 spiro atoms. The van der Waals surface area contributed by atoms with Gasteiger partial charge in [0.05, 0.1) is 0 Å². The SMILES string of the molecule is O=C(O)CCCCCCCCCCCCCCCCCCC[Si](Cl)(Cl)Cl. The number of hydrogen-bond donors (Lipinski definition) is 1. The maximum atomic E-state index is 10.4. The van der Waals surface area contributed by atoms with E-state index in [1.807, 2.05) is 0 Å². The average molecular weight is 446 g/mol. The molecule has 0 atom stereocenters. The van der Waals surface area contributed by atoms with Gasteiger partial charge in [-0.3, -0.25) is 4.79 Å². The molecule has 0 aliphatic carbocycles. The Balaban J connectivity index is 3.04. The topological polar surface area (TPSA) is 37.3 Å². The lowest BCUT2D eigenvalue weighted by Crippen LogP contribution is -2.07. The highest BCUT2D eigenvalue weighted by Gasteiger charge is 2.23. The summed E-state index contributed by atoms with van der Waals surface area (Å²) in [6.07, 6.45) is 21.9. The van der Waals surface area contributed by atoms with E-state index in [0.29, 0.717) is 6.42 Å². The van der Waals surface area contributed by atoms with E-state index in [1.54, 1.807) is 0 Å². The lowest BCUT2D eigenvalue weighted by molar-refractivity contribution is -0.137. The third kappa shape index (κ3) is 24.6. The van der Waals surface area contributed by atoms with Gasteiger partial charge in [-0.15, -0.1) is 33.2 Å². The summed E-state index contributed by atoms with van der Waals surface area (Å²) in [6, 6.07) is -1.57. The number of hydrogen-bond acceptors (Lipinski definition) is 1. The zero-order valence-corrected chi connectivity index (χ0v) is 19.7. The van der Waals surface area contributed by atoms with Gasteiger partial charge in [0.25, 0.3) is 0 Å². The van der Waals surface area contributed by atoms with Crippen molar-refractivity contribution in [2.24, 2.45) is 0 Å². The number of unbranched alkanes of at least 4 members (excludes halogenated alkanes) is 16. The monoisotopic (exact) mass is 444 g/mol. The van der Waals surface area contributed by atoms with Crippen molar-refractivity contribution in [2.45, 2.75) is 122 Å². The van der Waals surface area contributed by atoms with Crippen LogP contribution in [-0.4, -0.2) is 17.1 Å². The van der Waals surface area contributed by atoms with E-state index >= 15 is 0 Å². The van der Waals surface area contributed by atoms with Gasteiger partial charge < -0.3 is 5.11 Å². The van der Waals surface area contributed by atoms with Crippen molar-refractivity contribution >= 4 is 45.2 Å². The van der Waals surface area contributed by atoms with Crippen LogP contribution in [0.2, 0.25) is 6.04 Å². The van der Waals surface area contributed by atoms with Crippen molar-refractivity contribution in [2.75, 3.05) is 0 Å². The van der Waals surface area contributed by atoms with Crippen LogP contribution in [0.15, 0.2) is 0 Å². The molecule has 0 heterocycles. The Morgan fingerprint density at radius 1 is 0.538 bits per heavy atom. The number of rotatable bonds is 20. The largest absolute Gasteiger partial charge is 0.481 e. The summed E-state index contributed by atoms with van der Waals surface area (Å²) in [5.74, 6) is -0.664. The molecule has 0 radical (unpaired) electrons. The third-order valence-corrected chi connectivity index (χ3v) is 7.47. The summed E-state index contributed by atoms with van der Waals surface area (Å²) in [7, 11) is 0. The van der Waals surface area contributed by atoms with Crippen LogP contribution in [0, 0.1) is 0 Å². The van der Waals surface area contributed by atoms with Crippen LogP contribution in [-0.2, 0) is 4.79 Å². The molecule has 0 bridgehead atoms. The minimum atomic E-state index is -2.37. The molecule has 0 saturated carbocycles. The second-order valence-corrected chi connectivity index (χ2v) is 16.8. The second kappa shape index (κ2) is 18.9. The van der Waals surface area contributed by atoms with Crippen LogP contribution >= 0.6 is 33.2 Å². The van der Waals surface area contributed by atoms with Crippen LogP contribution < -0.4 is 0 Å². The smallest absolute Gasteiger partial charge is 0.341 e. The Morgan fingerprint density at radius 3 is 1.08 bits per heavy atom. The molecule has 156 valence electrons. The maximum absolute atomic E-state index is 10.4. The van der Waals surface area contributed by atoms with Crippen LogP contribution in [0.25, 0.3) is 0 Å². The van der Waals surface area contributed by atoms with Crippen molar-refractivity contribution in [1.82, 2.24) is 0 Å². The van der Waals surface area contributed by atoms with E-state index in [1.165, 1.54) is 89.9 Å². The number of carbonyl (C=O) groups is 1. The Bertz CT molecular complexity index is 323. The van der Waals surface area contributed by atoms with Crippen molar-refractivity contribution in [3.63, 3.8) is 0 Å². The lowest BCUT2D eigenvalue weighted by atomic mass is 10.0. The number of carboxylic acid groups (broad SMARTS) is 1. The van der Waals surface area contributed by atoms with E-state index < -0.39 is 12.0 Å². The normalized spacial score (nSPS) is 11.8. The summed E-state index contributed by atoms with van der Waals surface area (Å²) < 4.78 is 0. The van der Waals surface area contributed by atoms with Crippen LogP contribution in [0.5, 0.6) is 0 Å². The van der Waals surface area contributed by atoms with Gasteiger partial charge >= 0.3 is 12.0 Å². The molecule has 2 nitrogen and oxygen atoms in total. The molecule has 0 aliphatic rings. The molecule has 0 fully saturated rings. The van der Waals surface area contributed by atoms with Gasteiger partial charge in [0.2, 0.25) is 0 Å². The third-order valence-electron chi connectivity index (χ3n) is 4.85. The highest BCUT2D eigenvalue weighted by Crippen LogP contribution is 2.27. The van der Waals surface area contributed by atoms with E-state index in [2.05, 4.69) is 0 Å². The Morgan fingerprint density at radius 2 is 0.808 bits per heavy atom. The number of carboxylic acids is 1. The fourth-order valence-corrected chi connectivity index (χ4v) is 5.11. The summed E-state index contributed by atoms with van der Waals surface area (Å²) in [5.41, 5.74) is 0. The van der Waals surface area contributed by atoms with Gasteiger partial charge in [-0.2, -0.15) is 0 Å². The zero-order valence-electron chi connectivity index (χ0n) is 16.4. The summed E-state index contributed by atoms with van der Waals surface area (Å²) in [6.45, 7) is 0. The predicted octanol–water partition coefficient (Wildman–Crippen LogP) is 8.75. The molecule has 0 saturated heterocycles. The highest BCUT2D eigenvalue weighted by atomic mass is 35.8. The molecule has 0 aliphatic heterocycles. The Kier molecular flexibility index (Phi) is 19.3. The van der Waals surface area contributed by atoms with Gasteiger partial charge in [-0.05, 0) is 12.5 Å². The van der Waals surface area contributed by atoms with Crippen molar-refractivity contribution in [3.8, 4) is 0 Å². The molecule has 0 aromatic rings. The first-order valence-electron chi connectivity index (χ1n) is 10.7. The van der Waals surface area contributed by atoms with Crippen molar-refractivity contribution < 1.29 is 9.90 Å². The molecular formula is C20H39Cl3O2Si. The van der Waals surface area contributed by atoms with Gasteiger partial charge in [-0.25, -0.2) is 0 Å². The molecule has 0 aromatic carbocycles. The molecule has 26 heavy (non-hydrogen) atoms. The molecule has 6 heteroatoms. The number of halogens is 3. The van der Waals surface area contributed by atoms with Crippen molar-refractivity contribution in [3.05, 3.63) is 0 Å². The Labute approximate surface area is 176 Å². The Hall–Kier alpha value is 0.557. The summed E-state index contributed by atoms with van der Waals surface area (Å²) in [5, 5.41) is 8.56. The summed E-state index contributed by atoms with van der Waals surface area (Å²) in [4.78, 5) is 10.4. The first kappa shape index (κ1) is 26.6. The zero-order chi connectivity index (χ0) is 19.5. The fraction of sp³-hybridized carbons (Fsp3) is 0.950. The molecule has 0 rings (SSSR count). The van der Waals surface area contributed by atoms with Gasteiger partial charge in [0.1, 0.15) is 0 Å². The number of aliphatic carboxylic acids is 1. The molecule has 0 aromatic heterocycles. The van der Waals surface area contributed by atoms with E-state index in [4.69, 9.17) is 38.3 Å². The predicted molar refractivity (Wildman–Crippen MR) is 119 cm³/mol. The first-order chi connectivity index (χ1) is 12.4. The van der Waals surface area contributed by atoms with Crippen molar-refractivity contribution in [1.29, 1.82) is 0 Å². The highest BCUT2D eigenvalue weighted by molar-refractivity contribution is 7.64. The van der Waals surface area contributed by atoms with Crippen LogP contribution in [0.1, 0.15) is 116 Å².